The Hall–Kier alpha value is -4.04. The number of aryl methyl sites for hydroxylation is 2. The van der Waals surface area contributed by atoms with Crippen molar-refractivity contribution in [3.05, 3.63) is 95.1 Å². The van der Waals surface area contributed by atoms with Gasteiger partial charge in [0.05, 0.1) is 11.6 Å². The van der Waals surface area contributed by atoms with Gasteiger partial charge < -0.3 is 15.0 Å². The average Bonchev–Trinajstić information content (AvgIpc) is 3.61. The minimum atomic E-state index is -0.792. The van der Waals surface area contributed by atoms with Crippen molar-refractivity contribution < 1.29 is 14.3 Å². The molecule has 0 spiro atoms. The fraction of sp³-hybridized carbons (Fsp3) is 0.355. The van der Waals surface area contributed by atoms with Crippen LogP contribution in [0.5, 0.6) is 0 Å². The molecule has 1 aliphatic rings. The van der Waals surface area contributed by atoms with Gasteiger partial charge in [0.2, 0.25) is 11.8 Å². The summed E-state index contributed by atoms with van der Waals surface area (Å²) in [5.41, 5.74) is 5.53. The van der Waals surface area contributed by atoms with Gasteiger partial charge in [-0.2, -0.15) is 0 Å². The Morgan fingerprint density at radius 2 is 1.90 bits per heavy atom. The van der Waals surface area contributed by atoms with Gasteiger partial charge in [-0.05, 0) is 61.9 Å². The van der Waals surface area contributed by atoms with Crippen molar-refractivity contribution in [3.8, 4) is 0 Å². The fourth-order valence-electron chi connectivity index (χ4n) is 5.23. The van der Waals surface area contributed by atoms with Crippen molar-refractivity contribution in [2.24, 2.45) is 0 Å². The summed E-state index contributed by atoms with van der Waals surface area (Å²) in [6.45, 7) is 5.53. The van der Waals surface area contributed by atoms with E-state index in [2.05, 4.69) is 40.8 Å². The Kier molecular flexibility index (Phi) is 8.32. The second-order valence-corrected chi connectivity index (χ2v) is 10.2. The molecule has 202 valence electrons. The Morgan fingerprint density at radius 3 is 2.69 bits per heavy atom. The largest absolute Gasteiger partial charge is 0.376 e. The number of hydrogen-bond donors (Lipinski definition) is 1. The van der Waals surface area contributed by atoms with Crippen LogP contribution < -0.4 is 5.32 Å². The first-order valence-corrected chi connectivity index (χ1v) is 13.6. The lowest BCUT2D eigenvalue weighted by atomic mass is 9.98. The van der Waals surface area contributed by atoms with Crippen LogP contribution in [0.2, 0.25) is 0 Å². The van der Waals surface area contributed by atoms with Crippen molar-refractivity contribution in [3.63, 3.8) is 0 Å². The van der Waals surface area contributed by atoms with E-state index in [4.69, 9.17) is 4.74 Å². The minimum absolute atomic E-state index is 0.00410. The molecule has 0 bridgehead atoms. The number of carbonyl (C=O) groups excluding carboxylic acids is 2. The maximum atomic E-state index is 14.1. The lowest BCUT2D eigenvalue weighted by Crippen LogP contribution is -2.47. The molecule has 8 heteroatoms. The topological polar surface area (TPSA) is 89.4 Å². The second-order valence-electron chi connectivity index (χ2n) is 10.2. The van der Waals surface area contributed by atoms with Gasteiger partial charge in [-0.15, -0.1) is 5.10 Å². The minimum Gasteiger partial charge on any atom is -0.376 e. The van der Waals surface area contributed by atoms with E-state index < -0.39 is 6.04 Å². The van der Waals surface area contributed by atoms with Crippen LogP contribution in [0.4, 0.5) is 0 Å². The first-order chi connectivity index (χ1) is 19.0. The van der Waals surface area contributed by atoms with E-state index in [1.54, 1.807) is 9.58 Å². The van der Waals surface area contributed by atoms with Crippen LogP contribution >= 0.6 is 0 Å². The Bertz CT molecular complexity index is 1440. The lowest BCUT2D eigenvalue weighted by Gasteiger charge is -2.32. The number of hydrogen-bond acceptors (Lipinski definition) is 5. The van der Waals surface area contributed by atoms with Gasteiger partial charge in [-0.1, -0.05) is 71.4 Å². The highest BCUT2D eigenvalue weighted by molar-refractivity contribution is 5.89. The fourth-order valence-corrected chi connectivity index (χ4v) is 5.23. The maximum Gasteiger partial charge on any atom is 0.247 e. The molecule has 1 aromatic heterocycles. The molecule has 5 rings (SSSR count). The number of fused-ring (bicyclic) bond motifs is 1. The van der Waals surface area contributed by atoms with Crippen molar-refractivity contribution in [2.45, 2.75) is 51.8 Å². The third kappa shape index (κ3) is 6.34. The quantitative estimate of drug-likeness (QED) is 0.336. The zero-order valence-corrected chi connectivity index (χ0v) is 22.5. The molecule has 2 heterocycles. The number of rotatable bonds is 10. The monoisotopic (exact) mass is 525 g/mol. The van der Waals surface area contributed by atoms with Crippen LogP contribution in [0, 0.1) is 13.8 Å². The number of ether oxygens (including phenoxy) is 1. The van der Waals surface area contributed by atoms with Crippen LogP contribution in [0.25, 0.3) is 11.0 Å². The summed E-state index contributed by atoms with van der Waals surface area (Å²) >= 11 is 0. The molecule has 8 nitrogen and oxygen atoms in total. The van der Waals surface area contributed by atoms with Crippen LogP contribution in [0.3, 0.4) is 0 Å². The molecule has 0 radical (unpaired) electrons. The highest BCUT2D eigenvalue weighted by Gasteiger charge is 2.33. The van der Waals surface area contributed by atoms with Gasteiger partial charge in [0.25, 0.3) is 0 Å². The van der Waals surface area contributed by atoms with Crippen LogP contribution in [-0.2, 0) is 27.3 Å². The molecular weight excluding hydrogens is 490 g/mol. The van der Waals surface area contributed by atoms with E-state index in [1.165, 1.54) is 0 Å². The SMILES string of the molecule is Cc1cccc(CCN(C(=O)Cn2nnc3ccccc32)C(C(=O)NCC2CCCO2)c2ccccc2C)c1. The Balaban J connectivity index is 1.47. The second kappa shape index (κ2) is 12.2. The predicted molar refractivity (Wildman–Crippen MR) is 150 cm³/mol. The molecule has 2 atom stereocenters. The summed E-state index contributed by atoms with van der Waals surface area (Å²) < 4.78 is 7.34. The van der Waals surface area contributed by atoms with Gasteiger partial charge in [0.15, 0.2) is 0 Å². The van der Waals surface area contributed by atoms with Crippen LogP contribution in [-0.4, -0.2) is 57.5 Å². The van der Waals surface area contributed by atoms with Crippen LogP contribution in [0.1, 0.15) is 41.1 Å². The van der Waals surface area contributed by atoms with Gasteiger partial charge in [-0.3, -0.25) is 9.59 Å². The lowest BCUT2D eigenvalue weighted by molar-refractivity contribution is -0.141. The molecule has 2 amide bonds. The smallest absolute Gasteiger partial charge is 0.247 e. The average molecular weight is 526 g/mol. The highest BCUT2D eigenvalue weighted by atomic mass is 16.5. The summed E-state index contributed by atoms with van der Waals surface area (Å²) in [7, 11) is 0. The van der Waals surface area contributed by atoms with Gasteiger partial charge in [-0.25, -0.2) is 4.68 Å². The summed E-state index contributed by atoms with van der Waals surface area (Å²) in [4.78, 5) is 29.6. The number of aromatic nitrogens is 3. The molecule has 4 aromatic rings. The predicted octanol–water partition coefficient (Wildman–Crippen LogP) is 4.16. The molecule has 1 fully saturated rings. The Labute approximate surface area is 229 Å². The molecule has 0 aliphatic carbocycles. The summed E-state index contributed by atoms with van der Waals surface area (Å²) in [6, 6.07) is 22.8. The van der Waals surface area contributed by atoms with Crippen molar-refractivity contribution in [2.75, 3.05) is 19.7 Å². The number of benzene rings is 3. The molecule has 0 saturated carbocycles. The zero-order valence-electron chi connectivity index (χ0n) is 22.5. The molecule has 1 aliphatic heterocycles. The van der Waals surface area contributed by atoms with E-state index in [-0.39, 0.29) is 24.5 Å². The summed E-state index contributed by atoms with van der Waals surface area (Å²) in [5, 5.41) is 11.5. The number of amides is 2. The standard InChI is InChI=1S/C31H35N5O3/c1-22-9-7-11-24(19-22)16-17-35(29(37)21-36-28-15-6-5-14-27(28)33-34-36)30(26-13-4-3-10-23(26)2)31(38)32-20-25-12-8-18-39-25/h3-7,9-11,13-15,19,25,30H,8,12,16-18,20-21H2,1-2H3,(H,32,38). The number of nitrogens with zero attached hydrogens (tertiary/aromatic N) is 4. The van der Waals surface area contributed by atoms with Crippen molar-refractivity contribution in [1.29, 1.82) is 0 Å². The summed E-state index contributed by atoms with van der Waals surface area (Å²) in [6.07, 6.45) is 2.54. The highest BCUT2D eigenvalue weighted by Crippen LogP contribution is 2.26. The third-order valence-corrected chi connectivity index (χ3v) is 7.32. The number of carbonyl (C=O) groups is 2. The summed E-state index contributed by atoms with van der Waals surface area (Å²) in [5.74, 6) is -0.403. The maximum absolute atomic E-state index is 14.1. The molecular formula is C31H35N5O3. The van der Waals surface area contributed by atoms with E-state index in [9.17, 15) is 9.59 Å². The van der Waals surface area contributed by atoms with Gasteiger partial charge in [0, 0.05) is 19.7 Å². The van der Waals surface area contributed by atoms with Gasteiger partial charge >= 0.3 is 0 Å². The van der Waals surface area contributed by atoms with Gasteiger partial charge in [0.1, 0.15) is 18.1 Å². The first-order valence-electron chi connectivity index (χ1n) is 13.6. The van der Waals surface area contributed by atoms with E-state index >= 15 is 0 Å². The third-order valence-electron chi connectivity index (χ3n) is 7.32. The van der Waals surface area contributed by atoms with Crippen molar-refractivity contribution >= 4 is 22.8 Å². The van der Waals surface area contributed by atoms with E-state index in [0.717, 1.165) is 46.1 Å². The molecule has 1 N–H and O–H groups in total. The Morgan fingerprint density at radius 1 is 1.08 bits per heavy atom. The van der Waals surface area contributed by atoms with Crippen LogP contribution in [0.15, 0.2) is 72.8 Å². The van der Waals surface area contributed by atoms with E-state index in [1.807, 2.05) is 61.5 Å². The normalized spacial score (nSPS) is 15.8. The molecule has 2 unspecified atom stereocenters. The molecule has 39 heavy (non-hydrogen) atoms. The van der Waals surface area contributed by atoms with Crippen molar-refractivity contribution in [1.82, 2.24) is 25.2 Å². The molecule has 1 saturated heterocycles. The van der Waals surface area contributed by atoms with E-state index in [0.29, 0.717) is 26.1 Å². The first kappa shape index (κ1) is 26.6. The number of para-hydroxylation sites is 1. The zero-order chi connectivity index (χ0) is 27.2. The number of nitrogens with one attached hydrogen (secondary N) is 1. The molecule has 3 aromatic carbocycles.